The summed E-state index contributed by atoms with van der Waals surface area (Å²) in [6.07, 6.45) is 4.44. The van der Waals surface area contributed by atoms with Crippen LogP contribution in [0.5, 0.6) is 0 Å². The predicted octanol–water partition coefficient (Wildman–Crippen LogP) is 2.49. The summed E-state index contributed by atoms with van der Waals surface area (Å²) in [6, 6.07) is 7.73. The third-order valence-electron chi connectivity index (χ3n) is 4.47. The Morgan fingerprint density at radius 1 is 1.15 bits per heavy atom. The Bertz CT molecular complexity index is 894. The summed E-state index contributed by atoms with van der Waals surface area (Å²) in [5, 5.41) is 10.8. The number of aryl methyl sites for hydroxylation is 1. The van der Waals surface area contributed by atoms with Gasteiger partial charge in [0.05, 0.1) is 16.7 Å². The zero-order valence-electron chi connectivity index (χ0n) is 14.8. The lowest BCUT2D eigenvalue weighted by atomic mass is 10.2. The van der Waals surface area contributed by atoms with E-state index < -0.39 is 4.92 Å². The van der Waals surface area contributed by atoms with E-state index in [4.69, 9.17) is 4.42 Å². The van der Waals surface area contributed by atoms with Gasteiger partial charge in [0.1, 0.15) is 5.76 Å². The fraction of sp³-hybridized carbons (Fsp3) is 0.263. The average molecular weight is 369 g/mol. The van der Waals surface area contributed by atoms with Crippen molar-refractivity contribution in [2.75, 3.05) is 26.2 Å². The van der Waals surface area contributed by atoms with Gasteiger partial charge in [-0.2, -0.15) is 0 Å². The quantitative estimate of drug-likeness (QED) is 0.469. The third kappa shape index (κ3) is 4.22. The monoisotopic (exact) mass is 369 g/mol. The molecule has 8 heteroatoms. The summed E-state index contributed by atoms with van der Waals surface area (Å²) in [6.45, 7) is 3.49. The molecular formula is C19H19N3O5. The van der Waals surface area contributed by atoms with Crippen molar-refractivity contribution in [2.24, 2.45) is 0 Å². The summed E-state index contributed by atoms with van der Waals surface area (Å²) >= 11 is 0. The van der Waals surface area contributed by atoms with Crippen molar-refractivity contribution < 1.29 is 18.9 Å². The first-order valence-electron chi connectivity index (χ1n) is 8.50. The average Bonchev–Trinajstić information content (AvgIpc) is 3.11. The number of rotatable bonds is 4. The van der Waals surface area contributed by atoms with Crippen LogP contribution in [0.25, 0.3) is 6.08 Å². The fourth-order valence-corrected chi connectivity index (χ4v) is 2.92. The van der Waals surface area contributed by atoms with Crippen LogP contribution in [0.1, 0.15) is 21.7 Å². The number of nitrogens with zero attached hydrogens (tertiary/aromatic N) is 3. The van der Waals surface area contributed by atoms with Crippen molar-refractivity contribution in [1.29, 1.82) is 0 Å². The van der Waals surface area contributed by atoms with Crippen LogP contribution in [0.15, 0.2) is 47.1 Å². The lowest BCUT2D eigenvalue weighted by Crippen LogP contribution is -2.50. The summed E-state index contributed by atoms with van der Waals surface area (Å²) < 4.78 is 5.17. The highest BCUT2D eigenvalue weighted by atomic mass is 16.6. The van der Waals surface area contributed by atoms with Gasteiger partial charge < -0.3 is 14.2 Å². The van der Waals surface area contributed by atoms with E-state index in [1.807, 2.05) is 0 Å². The maximum atomic E-state index is 12.4. The molecule has 140 valence electrons. The Kier molecular flexibility index (Phi) is 5.35. The summed E-state index contributed by atoms with van der Waals surface area (Å²) in [7, 11) is 0. The van der Waals surface area contributed by atoms with Crippen LogP contribution in [0, 0.1) is 17.0 Å². The zero-order valence-corrected chi connectivity index (χ0v) is 14.8. The number of nitro groups is 1. The van der Waals surface area contributed by atoms with E-state index in [-0.39, 0.29) is 17.5 Å². The van der Waals surface area contributed by atoms with Crippen molar-refractivity contribution in [1.82, 2.24) is 9.80 Å². The number of non-ortho nitro benzene ring substituents is 1. The van der Waals surface area contributed by atoms with Crippen molar-refractivity contribution in [3.8, 4) is 0 Å². The molecule has 27 heavy (non-hydrogen) atoms. The molecule has 1 aliphatic heterocycles. The first-order chi connectivity index (χ1) is 13.0. The molecule has 2 amide bonds. The lowest BCUT2D eigenvalue weighted by Gasteiger charge is -2.34. The molecule has 0 aliphatic carbocycles. The molecule has 1 fully saturated rings. The summed E-state index contributed by atoms with van der Waals surface area (Å²) in [5.41, 5.74) is 1.11. The zero-order chi connectivity index (χ0) is 19.4. The summed E-state index contributed by atoms with van der Waals surface area (Å²) in [4.78, 5) is 38.5. The standard InChI is InChI=1S/C19H19N3O5/c1-14-17(7-12-27-14)19(24)21-10-8-20(9-11-21)18(23)6-5-15-3-2-4-16(13-15)22(25)26/h2-7,12-13H,8-11H2,1H3. The highest BCUT2D eigenvalue weighted by Gasteiger charge is 2.25. The predicted molar refractivity (Wildman–Crippen MR) is 98.1 cm³/mol. The van der Waals surface area contributed by atoms with E-state index >= 15 is 0 Å². The van der Waals surface area contributed by atoms with Gasteiger partial charge >= 0.3 is 0 Å². The smallest absolute Gasteiger partial charge is 0.270 e. The van der Waals surface area contributed by atoms with Gasteiger partial charge in [-0.3, -0.25) is 19.7 Å². The van der Waals surface area contributed by atoms with Gasteiger partial charge in [0.25, 0.3) is 11.6 Å². The Morgan fingerprint density at radius 3 is 2.48 bits per heavy atom. The topological polar surface area (TPSA) is 96.9 Å². The van der Waals surface area contributed by atoms with Crippen molar-refractivity contribution in [2.45, 2.75) is 6.92 Å². The molecule has 0 N–H and O–H groups in total. The van der Waals surface area contributed by atoms with Crippen molar-refractivity contribution in [3.05, 3.63) is 69.7 Å². The maximum Gasteiger partial charge on any atom is 0.270 e. The number of benzene rings is 1. The first kappa shape index (κ1) is 18.4. The van der Waals surface area contributed by atoms with E-state index in [9.17, 15) is 19.7 Å². The Labute approximate surface area is 155 Å². The van der Waals surface area contributed by atoms with Gasteiger partial charge in [0, 0.05) is 44.4 Å². The SMILES string of the molecule is Cc1occc1C(=O)N1CCN(C(=O)C=Cc2cccc([N+](=O)[O-])c2)CC1. The van der Waals surface area contributed by atoms with E-state index in [0.717, 1.165) is 0 Å². The Hall–Kier alpha value is -3.42. The number of nitro benzene ring substituents is 1. The second-order valence-corrected chi connectivity index (χ2v) is 6.19. The second-order valence-electron chi connectivity index (χ2n) is 6.19. The van der Waals surface area contributed by atoms with E-state index in [1.165, 1.54) is 24.5 Å². The molecular weight excluding hydrogens is 350 g/mol. The van der Waals surface area contributed by atoms with E-state index in [2.05, 4.69) is 0 Å². The van der Waals surface area contributed by atoms with Gasteiger partial charge in [0.15, 0.2) is 0 Å². The number of carbonyl (C=O) groups excluding carboxylic acids is 2. The van der Waals surface area contributed by atoms with Crippen LogP contribution >= 0.6 is 0 Å². The lowest BCUT2D eigenvalue weighted by molar-refractivity contribution is -0.384. The van der Waals surface area contributed by atoms with Crippen LogP contribution in [0.3, 0.4) is 0 Å². The summed E-state index contributed by atoms with van der Waals surface area (Å²) in [5.74, 6) is 0.298. The van der Waals surface area contributed by atoms with Crippen LogP contribution < -0.4 is 0 Å². The molecule has 2 aromatic rings. The molecule has 0 unspecified atom stereocenters. The molecule has 1 aromatic carbocycles. The number of furan rings is 1. The molecule has 8 nitrogen and oxygen atoms in total. The fourth-order valence-electron chi connectivity index (χ4n) is 2.92. The molecule has 1 aliphatic rings. The largest absolute Gasteiger partial charge is 0.469 e. The van der Waals surface area contributed by atoms with E-state index in [1.54, 1.807) is 41.0 Å². The van der Waals surface area contributed by atoms with Gasteiger partial charge in [-0.1, -0.05) is 12.1 Å². The molecule has 0 spiro atoms. The van der Waals surface area contributed by atoms with Crippen molar-refractivity contribution >= 4 is 23.6 Å². The van der Waals surface area contributed by atoms with Gasteiger partial charge in [-0.15, -0.1) is 0 Å². The minimum Gasteiger partial charge on any atom is -0.469 e. The van der Waals surface area contributed by atoms with Gasteiger partial charge in [0.2, 0.25) is 5.91 Å². The minimum absolute atomic E-state index is 0.0220. The molecule has 0 radical (unpaired) electrons. The van der Waals surface area contributed by atoms with E-state index in [0.29, 0.717) is 43.1 Å². The maximum absolute atomic E-state index is 12.4. The molecule has 0 atom stereocenters. The Morgan fingerprint density at radius 2 is 1.85 bits per heavy atom. The van der Waals surface area contributed by atoms with Gasteiger partial charge in [-0.05, 0) is 24.6 Å². The normalized spacial score (nSPS) is 14.6. The van der Waals surface area contributed by atoms with Crippen molar-refractivity contribution in [3.63, 3.8) is 0 Å². The highest BCUT2D eigenvalue weighted by molar-refractivity contribution is 5.95. The second kappa shape index (κ2) is 7.86. The molecule has 1 saturated heterocycles. The van der Waals surface area contributed by atoms with Gasteiger partial charge in [-0.25, -0.2) is 0 Å². The number of amides is 2. The number of carbonyl (C=O) groups is 2. The number of hydrogen-bond acceptors (Lipinski definition) is 5. The molecule has 2 heterocycles. The molecule has 0 saturated carbocycles. The number of piperazine rings is 1. The van der Waals surface area contributed by atoms with Crippen LogP contribution in [-0.2, 0) is 4.79 Å². The molecule has 3 rings (SSSR count). The minimum atomic E-state index is -0.475. The molecule has 1 aromatic heterocycles. The number of hydrogen-bond donors (Lipinski definition) is 0. The Balaban J connectivity index is 1.57. The van der Waals surface area contributed by atoms with Crippen LogP contribution in [-0.4, -0.2) is 52.7 Å². The van der Waals surface area contributed by atoms with Crippen LogP contribution in [0.2, 0.25) is 0 Å². The molecule has 0 bridgehead atoms. The third-order valence-corrected chi connectivity index (χ3v) is 4.47. The first-order valence-corrected chi connectivity index (χ1v) is 8.50. The highest BCUT2D eigenvalue weighted by Crippen LogP contribution is 2.16. The van der Waals surface area contributed by atoms with Crippen LogP contribution in [0.4, 0.5) is 5.69 Å².